The Kier molecular flexibility index (Phi) is 7.77. The Bertz CT molecular complexity index is 2110. The lowest BCUT2D eigenvalue weighted by Gasteiger charge is -2.14. The first kappa shape index (κ1) is 29.8. The van der Waals surface area contributed by atoms with Crippen LogP contribution in [0.5, 0.6) is 5.88 Å². The lowest BCUT2D eigenvalue weighted by Crippen LogP contribution is -2.22. The molecule has 0 unspecified atom stereocenters. The third kappa shape index (κ3) is 5.84. The molecule has 0 saturated heterocycles. The third-order valence-corrected chi connectivity index (χ3v) is 9.78. The Balaban J connectivity index is 1.55. The summed E-state index contributed by atoms with van der Waals surface area (Å²) in [5.74, 6) is -2.03. The van der Waals surface area contributed by atoms with Gasteiger partial charge in [0.2, 0.25) is 15.9 Å². The summed E-state index contributed by atoms with van der Waals surface area (Å²) < 4.78 is 87.4. The van der Waals surface area contributed by atoms with Crippen LogP contribution in [0.4, 0.5) is 20.3 Å². The molecule has 5 rings (SSSR count). The van der Waals surface area contributed by atoms with E-state index in [1.807, 2.05) is 0 Å². The zero-order valence-corrected chi connectivity index (χ0v) is 24.7. The van der Waals surface area contributed by atoms with Crippen molar-refractivity contribution in [1.82, 2.24) is 14.3 Å². The molecule has 0 atom stereocenters. The molecule has 3 N–H and O–H groups in total. The quantitative estimate of drug-likeness (QED) is 0.248. The number of hydrogen-bond donors (Lipinski definition) is 2. The van der Waals surface area contributed by atoms with Crippen molar-refractivity contribution in [3.8, 4) is 28.1 Å². The van der Waals surface area contributed by atoms with Crippen molar-refractivity contribution in [2.75, 3.05) is 31.7 Å². The van der Waals surface area contributed by atoms with Crippen molar-refractivity contribution < 1.29 is 30.4 Å². The SMILES string of the molecule is COc1ncc(-c2ccc3nc(N)c(-c4cccc(S(=O)(=O)N(C)C)c4)cc3c2)cc1NS(=O)(=O)c1ccc(F)cc1F. The highest BCUT2D eigenvalue weighted by atomic mass is 32.2. The van der Waals surface area contributed by atoms with Crippen molar-refractivity contribution in [3.63, 3.8) is 0 Å². The van der Waals surface area contributed by atoms with Gasteiger partial charge in [0.15, 0.2) is 0 Å². The molecule has 0 saturated carbocycles. The summed E-state index contributed by atoms with van der Waals surface area (Å²) in [7, 11) is -3.96. The highest BCUT2D eigenvalue weighted by Crippen LogP contribution is 2.34. The molecule has 14 heteroatoms. The molecule has 5 aromatic rings. The number of nitrogens with two attached hydrogens (primary N) is 1. The number of pyridine rings is 2. The van der Waals surface area contributed by atoms with E-state index >= 15 is 0 Å². The van der Waals surface area contributed by atoms with Crippen molar-refractivity contribution in [2.45, 2.75) is 9.79 Å². The molecular weight excluding hydrogens is 600 g/mol. The minimum absolute atomic E-state index is 0.0695. The van der Waals surface area contributed by atoms with Crippen molar-refractivity contribution in [2.24, 2.45) is 0 Å². The van der Waals surface area contributed by atoms with Gasteiger partial charge in [-0.15, -0.1) is 0 Å². The molecule has 0 fully saturated rings. The lowest BCUT2D eigenvalue weighted by atomic mass is 10.0. The Morgan fingerprint density at radius 2 is 1.65 bits per heavy atom. The number of ether oxygens (including phenoxy) is 1. The summed E-state index contributed by atoms with van der Waals surface area (Å²) in [5, 5.41) is 0.661. The third-order valence-electron chi connectivity index (χ3n) is 6.57. The second-order valence-corrected chi connectivity index (χ2v) is 13.4. The minimum Gasteiger partial charge on any atom is -0.480 e. The molecule has 0 aliphatic rings. The predicted molar refractivity (Wildman–Crippen MR) is 159 cm³/mol. The smallest absolute Gasteiger partial charge is 0.264 e. The van der Waals surface area contributed by atoms with Gasteiger partial charge in [-0.1, -0.05) is 18.2 Å². The number of halogens is 2. The van der Waals surface area contributed by atoms with Crippen LogP contribution in [0.3, 0.4) is 0 Å². The summed E-state index contributed by atoms with van der Waals surface area (Å²) in [4.78, 5) is 8.03. The number of anilines is 2. The molecule has 0 spiro atoms. The summed E-state index contributed by atoms with van der Waals surface area (Å²) in [6, 6.07) is 17.0. The van der Waals surface area contributed by atoms with Crippen LogP contribution in [0, 0.1) is 11.6 Å². The second-order valence-electron chi connectivity index (χ2n) is 9.60. The average Bonchev–Trinajstić information content (AvgIpc) is 2.96. The van der Waals surface area contributed by atoms with Crippen LogP contribution in [0.1, 0.15) is 0 Å². The van der Waals surface area contributed by atoms with E-state index in [1.165, 1.54) is 45.6 Å². The summed E-state index contributed by atoms with van der Waals surface area (Å²) in [6.07, 6.45) is 1.47. The highest BCUT2D eigenvalue weighted by molar-refractivity contribution is 7.92. The number of fused-ring (bicyclic) bond motifs is 1. The molecule has 0 radical (unpaired) electrons. The molecule has 43 heavy (non-hydrogen) atoms. The normalized spacial score (nSPS) is 12.0. The van der Waals surface area contributed by atoms with Crippen LogP contribution >= 0.6 is 0 Å². The molecule has 0 aliphatic heterocycles. The summed E-state index contributed by atoms with van der Waals surface area (Å²) in [5.41, 5.74) is 8.93. The van der Waals surface area contributed by atoms with Gasteiger partial charge < -0.3 is 10.5 Å². The maximum Gasteiger partial charge on any atom is 0.264 e. The van der Waals surface area contributed by atoms with Crippen LogP contribution in [0.15, 0.2) is 88.8 Å². The van der Waals surface area contributed by atoms with Gasteiger partial charge in [-0.3, -0.25) is 4.72 Å². The fraction of sp³-hybridized carbons (Fsp3) is 0.103. The first-order valence-corrected chi connectivity index (χ1v) is 15.5. The van der Waals surface area contributed by atoms with E-state index in [0.29, 0.717) is 39.2 Å². The van der Waals surface area contributed by atoms with Crippen molar-refractivity contribution in [1.29, 1.82) is 0 Å². The van der Waals surface area contributed by atoms with Gasteiger partial charge in [-0.2, -0.15) is 0 Å². The molecule has 0 aliphatic carbocycles. The zero-order valence-electron chi connectivity index (χ0n) is 23.0. The fourth-order valence-corrected chi connectivity index (χ4v) is 6.43. The van der Waals surface area contributed by atoms with Gasteiger partial charge in [0.05, 0.1) is 17.5 Å². The van der Waals surface area contributed by atoms with E-state index < -0.39 is 36.6 Å². The maximum atomic E-state index is 14.3. The first-order valence-electron chi connectivity index (χ1n) is 12.6. The second kappa shape index (κ2) is 11.2. The number of aromatic nitrogens is 2. The van der Waals surface area contributed by atoms with Gasteiger partial charge in [0, 0.05) is 42.9 Å². The standard InChI is InChI=1S/C29H25F2N5O5S2/c1-36(2)43(39,40)22-6-4-5-18(12-22)23-13-19-11-17(7-9-25(19)34-28(23)32)20-14-26(29(41-3)33-16-20)35-42(37,38)27-10-8-21(30)15-24(27)31/h4-16,35H,1-3H3,(H2,32,34). The van der Waals surface area contributed by atoms with Crippen molar-refractivity contribution >= 4 is 42.5 Å². The zero-order chi connectivity index (χ0) is 31.1. The average molecular weight is 626 g/mol. The number of nitrogens with one attached hydrogen (secondary N) is 1. The molecule has 0 bridgehead atoms. The molecule has 10 nitrogen and oxygen atoms in total. The number of hydrogen-bond acceptors (Lipinski definition) is 8. The van der Waals surface area contributed by atoms with Gasteiger partial charge in [-0.05, 0) is 59.7 Å². The van der Waals surface area contributed by atoms with Gasteiger partial charge in [0.1, 0.15) is 28.0 Å². The van der Waals surface area contributed by atoms with Crippen LogP contribution in [-0.4, -0.2) is 52.3 Å². The molecular formula is C29H25F2N5O5S2. The number of nitrogens with zero attached hydrogens (tertiary/aromatic N) is 3. The number of nitrogen functional groups attached to an aromatic ring is 1. The Morgan fingerprint density at radius 3 is 2.35 bits per heavy atom. The van der Waals surface area contributed by atoms with Crippen LogP contribution < -0.4 is 15.2 Å². The molecule has 2 heterocycles. The molecule has 222 valence electrons. The number of rotatable bonds is 8. The van der Waals surface area contributed by atoms with Gasteiger partial charge in [-0.25, -0.2) is 39.9 Å². The molecule has 2 aromatic heterocycles. The Labute approximate surface area is 246 Å². The summed E-state index contributed by atoms with van der Waals surface area (Å²) >= 11 is 0. The maximum absolute atomic E-state index is 14.3. The van der Waals surface area contributed by atoms with E-state index in [1.54, 1.807) is 36.4 Å². The van der Waals surface area contributed by atoms with Gasteiger partial charge >= 0.3 is 0 Å². The van der Waals surface area contributed by atoms with E-state index in [0.717, 1.165) is 16.4 Å². The predicted octanol–water partition coefficient (Wildman–Crippen LogP) is 4.88. The number of methoxy groups -OCH3 is 1. The van der Waals surface area contributed by atoms with E-state index in [9.17, 15) is 25.6 Å². The van der Waals surface area contributed by atoms with Crippen molar-refractivity contribution in [3.05, 3.63) is 90.6 Å². The van der Waals surface area contributed by atoms with Crippen LogP contribution in [0.2, 0.25) is 0 Å². The number of benzene rings is 3. The highest BCUT2D eigenvalue weighted by Gasteiger charge is 2.23. The molecule has 0 amide bonds. The molecule has 3 aromatic carbocycles. The summed E-state index contributed by atoms with van der Waals surface area (Å²) in [6.45, 7) is 0. The van der Waals surface area contributed by atoms with Crippen LogP contribution in [-0.2, 0) is 20.0 Å². The Morgan fingerprint density at radius 1 is 0.884 bits per heavy atom. The van der Waals surface area contributed by atoms with E-state index in [2.05, 4.69) is 14.7 Å². The Hall–Kier alpha value is -4.66. The topological polar surface area (TPSA) is 145 Å². The van der Waals surface area contributed by atoms with Crippen LogP contribution in [0.25, 0.3) is 33.2 Å². The monoisotopic (exact) mass is 625 g/mol. The lowest BCUT2D eigenvalue weighted by molar-refractivity contribution is 0.400. The number of sulfonamides is 2. The van der Waals surface area contributed by atoms with E-state index in [-0.39, 0.29) is 22.3 Å². The van der Waals surface area contributed by atoms with Gasteiger partial charge in [0.25, 0.3) is 10.0 Å². The largest absolute Gasteiger partial charge is 0.480 e. The fourth-order valence-electron chi connectivity index (χ4n) is 4.38. The minimum atomic E-state index is -4.47. The first-order chi connectivity index (χ1) is 20.3. The van der Waals surface area contributed by atoms with E-state index in [4.69, 9.17) is 10.5 Å².